The van der Waals surface area contributed by atoms with Crippen molar-refractivity contribution >= 4 is 33.7 Å². The van der Waals surface area contributed by atoms with Crippen molar-refractivity contribution < 1.29 is 37.9 Å². The lowest BCUT2D eigenvalue weighted by atomic mass is 9.99. The van der Waals surface area contributed by atoms with Crippen LogP contribution in [0.3, 0.4) is 0 Å². The fraction of sp³-hybridized carbons (Fsp3) is 0.659. The minimum absolute atomic E-state index is 0.475. The molecule has 0 saturated carbocycles. The molecule has 2 aliphatic rings. The highest BCUT2D eigenvalue weighted by molar-refractivity contribution is 7.16. The van der Waals surface area contributed by atoms with E-state index in [-0.39, 0.29) is 0 Å². The van der Waals surface area contributed by atoms with E-state index in [1.54, 1.807) is 22.7 Å². The number of rotatable bonds is 52. The first kappa shape index (κ1) is 74.6. The van der Waals surface area contributed by atoms with E-state index in [1.807, 2.05) is 0 Å². The Balaban J connectivity index is 1.17. The molecule has 0 unspecified atom stereocenters. The third kappa shape index (κ3) is 23.8. The molecule has 8 rings (SSSR count). The number of thiophene rings is 2. The summed E-state index contributed by atoms with van der Waals surface area (Å²) in [6.07, 6.45) is 50.8. The highest BCUT2D eigenvalue weighted by Crippen LogP contribution is 2.54. The van der Waals surface area contributed by atoms with Crippen molar-refractivity contribution in [1.82, 2.24) is 9.97 Å². The lowest BCUT2D eigenvalue weighted by Crippen LogP contribution is -2.15. The molecule has 3 aromatic carbocycles. The Labute approximate surface area is 577 Å². The topological polar surface area (TPSA) is 99.6 Å². The number of ether oxygens (including phenoxy) is 8. The van der Waals surface area contributed by atoms with Crippen molar-refractivity contribution in [3.63, 3.8) is 0 Å². The fourth-order valence-corrected chi connectivity index (χ4v) is 15.4. The molecule has 0 atom stereocenters. The number of aromatic nitrogens is 2. The molecule has 0 saturated heterocycles. The second kappa shape index (κ2) is 43.9. The van der Waals surface area contributed by atoms with E-state index < -0.39 is 0 Å². The molecule has 0 bridgehead atoms. The highest BCUT2D eigenvalue weighted by Gasteiger charge is 2.30. The smallest absolute Gasteiger partial charge is 0.180 e. The van der Waals surface area contributed by atoms with Gasteiger partial charge in [0.25, 0.3) is 0 Å². The molecule has 0 spiro atoms. The number of fused-ring (bicyclic) bond motifs is 3. The molecule has 0 amide bonds. The van der Waals surface area contributed by atoms with E-state index in [2.05, 4.69) is 90.1 Å². The van der Waals surface area contributed by atoms with Gasteiger partial charge in [0.05, 0.1) is 58.6 Å². The number of aryl methyl sites for hydroxylation is 2. The van der Waals surface area contributed by atoms with Crippen LogP contribution in [0.25, 0.3) is 54.4 Å². The van der Waals surface area contributed by atoms with Gasteiger partial charge in [-0.3, -0.25) is 0 Å². The van der Waals surface area contributed by atoms with Crippen LogP contribution < -0.4 is 37.9 Å². The van der Waals surface area contributed by atoms with Gasteiger partial charge in [0.15, 0.2) is 46.0 Å². The summed E-state index contributed by atoms with van der Waals surface area (Å²) in [6.45, 7) is 17.9. The van der Waals surface area contributed by atoms with Crippen LogP contribution in [0.5, 0.6) is 46.0 Å². The van der Waals surface area contributed by atoms with Crippen molar-refractivity contribution in [2.75, 3.05) is 52.9 Å². The average Bonchev–Trinajstić information content (AvgIpc) is 1.35. The fourth-order valence-electron chi connectivity index (χ4n) is 13.3. The first-order valence-electron chi connectivity index (χ1n) is 38.4. The zero-order chi connectivity index (χ0) is 65.6. The molecule has 10 nitrogen and oxygen atoms in total. The van der Waals surface area contributed by atoms with Crippen molar-refractivity contribution in [3.8, 4) is 89.4 Å². The summed E-state index contributed by atoms with van der Waals surface area (Å²) in [5.74, 6) is 6.17. The zero-order valence-corrected chi connectivity index (χ0v) is 61.2. The molecule has 12 heteroatoms. The SMILES string of the molecule is CCCCCCCCCCCCOc1ccc(-c2nc3c(-c4sc(C)c5c4OCCO5)ccc(-c4sc(C)c5c4OCCO5)c3nc2-c2ccc(OCCCCCCCCCCCC)c(OCCCCCCCCCCCC)c2)cc1OCCCCCCCCCCCC. The summed E-state index contributed by atoms with van der Waals surface area (Å²) >= 11 is 3.37. The van der Waals surface area contributed by atoms with E-state index in [4.69, 9.17) is 47.9 Å². The quantitative estimate of drug-likeness (QED) is 0.0343. The van der Waals surface area contributed by atoms with Crippen molar-refractivity contribution in [2.45, 2.75) is 298 Å². The Morgan fingerprint density at radius 1 is 0.309 bits per heavy atom. The van der Waals surface area contributed by atoms with Crippen molar-refractivity contribution in [3.05, 3.63) is 58.3 Å². The second-order valence-electron chi connectivity index (χ2n) is 26.9. The zero-order valence-electron chi connectivity index (χ0n) is 59.5. The number of hydrogen-bond acceptors (Lipinski definition) is 12. The van der Waals surface area contributed by atoms with Gasteiger partial charge in [-0.1, -0.05) is 271 Å². The molecule has 0 aliphatic carbocycles. The molecule has 6 aromatic rings. The van der Waals surface area contributed by atoms with Gasteiger partial charge < -0.3 is 37.9 Å². The predicted octanol–water partition coefficient (Wildman–Crippen LogP) is 25.8. The van der Waals surface area contributed by atoms with Crippen molar-refractivity contribution in [1.29, 1.82) is 0 Å². The normalized spacial score (nSPS) is 12.7. The Hall–Kier alpha value is -5.20. The van der Waals surface area contributed by atoms with Crippen LogP contribution >= 0.6 is 22.7 Å². The molecule has 0 N–H and O–H groups in total. The van der Waals surface area contributed by atoms with Gasteiger partial charge in [-0.25, -0.2) is 9.97 Å². The van der Waals surface area contributed by atoms with Gasteiger partial charge in [0.2, 0.25) is 0 Å². The average molecular weight is 1330 g/mol. The summed E-state index contributed by atoms with van der Waals surface area (Å²) in [5.41, 5.74) is 6.64. The first-order valence-corrected chi connectivity index (χ1v) is 40.0. The maximum absolute atomic E-state index is 6.91. The van der Waals surface area contributed by atoms with Crippen LogP contribution in [0.1, 0.15) is 294 Å². The molecular weight excluding hydrogens is 1210 g/mol. The van der Waals surface area contributed by atoms with Crippen LogP contribution in [0, 0.1) is 13.8 Å². The Morgan fingerprint density at radius 3 is 0.851 bits per heavy atom. The van der Waals surface area contributed by atoms with Crippen LogP contribution in [0.2, 0.25) is 0 Å². The van der Waals surface area contributed by atoms with E-state index in [0.717, 1.165) is 162 Å². The molecule has 0 fully saturated rings. The van der Waals surface area contributed by atoms with Crippen molar-refractivity contribution in [2.24, 2.45) is 0 Å². The maximum Gasteiger partial charge on any atom is 0.180 e. The Bertz CT molecular complexity index is 2870. The number of nitrogens with zero attached hydrogens (tertiary/aromatic N) is 2. The number of hydrogen-bond donors (Lipinski definition) is 0. The first-order chi connectivity index (χ1) is 46.4. The summed E-state index contributed by atoms with van der Waals surface area (Å²) in [7, 11) is 0. The molecule has 0 radical (unpaired) electrons. The standard InChI is InChI=1S/C82H122N2O8S2/c1-7-11-15-19-23-27-31-35-39-43-53-85-69-51-47-65(61-71(69)87-55-45-41-37-33-29-25-21-17-13-9-3)73-74(66-48-52-70(86-54-44-40-36-32-28-24-20-16-12-8-2)72(62-66)88-56-46-42-38-34-30-26-22-18-14-10-4)84-76-68(82-80-78(64(6)94-82)90-58-60-92-80)50-49-67(75(76)83-73)81-79-77(63(5)93-81)89-57-59-91-79/h47-52,61-62H,7-46,53-60H2,1-6H3. The van der Waals surface area contributed by atoms with Crippen LogP contribution in [0.15, 0.2) is 48.5 Å². The van der Waals surface area contributed by atoms with E-state index in [0.29, 0.717) is 52.9 Å². The summed E-state index contributed by atoms with van der Waals surface area (Å²) in [5, 5.41) is 0. The lowest BCUT2D eigenvalue weighted by molar-refractivity contribution is 0.173. The van der Waals surface area contributed by atoms with E-state index in [9.17, 15) is 0 Å². The van der Waals surface area contributed by atoms with Gasteiger partial charge in [-0.2, -0.15) is 0 Å². The lowest BCUT2D eigenvalue weighted by Gasteiger charge is -2.20. The van der Waals surface area contributed by atoms with Gasteiger partial charge in [-0.05, 0) is 75.9 Å². The molecule has 94 heavy (non-hydrogen) atoms. The monoisotopic (exact) mass is 1330 g/mol. The largest absolute Gasteiger partial charge is 0.490 e. The third-order valence-corrected chi connectivity index (χ3v) is 21.1. The molecular formula is C82H122N2O8S2. The third-order valence-electron chi connectivity index (χ3n) is 18.9. The Kier molecular flexibility index (Phi) is 34.8. The second-order valence-corrected chi connectivity index (χ2v) is 29.4. The molecule has 5 heterocycles. The molecule has 3 aromatic heterocycles. The van der Waals surface area contributed by atoms with Gasteiger partial charge in [0.1, 0.15) is 26.4 Å². The number of unbranched alkanes of at least 4 members (excludes halogenated alkanes) is 36. The summed E-state index contributed by atoms with van der Waals surface area (Å²) in [4.78, 5) is 15.9. The number of benzene rings is 3. The summed E-state index contributed by atoms with van der Waals surface area (Å²) < 4.78 is 52.9. The van der Waals surface area contributed by atoms with Crippen LogP contribution in [-0.4, -0.2) is 62.8 Å². The van der Waals surface area contributed by atoms with Crippen LogP contribution in [0.4, 0.5) is 0 Å². The minimum atomic E-state index is 0.475. The predicted molar refractivity (Wildman–Crippen MR) is 398 cm³/mol. The molecule has 2 aliphatic heterocycles. The van der Waals surface area contributed by atoms with Gasteiger partial charge in [-0.15, -0.1) is 22.7 Å². The van der Waals surface area contributed by atoms with Gasteiger partial charge in [0, 0.05) is 32.0 Å². The van der Waals surface area contributed by atoms with Gasteiger partial charge >= 0.3 is 0 Å². The highest BCUT2D eigenvalue weighted by atomic mass is 32.1. The Morgan fingerprint density at radius 2 is 0.564 bits per heavy atom. The minimum Gasteiger partial charge on any atom is -0.490 e. The van der Waals surface area contributed by atoms with Crippen LogP contribution in [-0.2, 0) is 0 Å². The maximum atomic E-state index is 6.91. The molecule has 520 valence electrons. The summed E-state index contributed by atoms with van der Waals surface area (Å²) in [6, 6.07) is 17.3. The van der Waals surface area contributed by atoms with E-state index in [1.165, 1.54) is 205 Å². The van der Waals surface area contributed by atoms with E-state index >= 15 is 0 Å².